The largest absolute Gasteiger partial charge is 0.508 e. The summed E-state index contributed by atoms with van der Waals surface area (Å²) in [6.45, 7) is -0.633. The molecule has 0 radical (unpaired) electrons. The van der Waals surface area contributed by atoms with Crippen LogP contribution in [-0.2, 0) is 14.3 Å². The lowest BCUT2D eigenvalue weighted by molar-refractivity contribution is -0.278. The van der Waals surface area contributed by atoms with Crippen molar-refractivity contribution in [2.24, 2.45) is 0 Å². The highest BCUT2D eigenvalue weighted by Crippen LogP contribution is 2.37. The van der Waals surface area contributed by atoms with Crippen LogP contribution in [0.25, 0.3) is 28.4 Å². The number of phenols is 5. The van der Waals surface area contributed by atoms with Gasteiger partial charge in [0.05, 0.1) is 0 Å². The van der Waals surface area contributed by atoms with E-state index < -0.39 is 71.7 Å². The molecule has 5 atom stereocenters. The first-order valence-electron chi connectivity index (χ1n) is 13.0. The standard InChI is InChI=1S/C30H26O14/c31-15-5-3-14(4-6-15)28-29(25(38)23-19(35)10-16(32)11-20(23)42-28)44-30-27(40)26(39)24(37)21(43-30)12-41-22(36)8-2-13-1-7-17(33)18(34)9-13/h1-11,21,24,26-27,30-35,37,39-40H,12H2/b8-2+/t21?,24-,26?,27+,30+/m1/s1. The molecular weight excluding hydrogens is 584 g/mol. The molecule has 0 bridgehead atoms. The summed E-state index contributed by atoms with van der Waals surface area (Å²) in [6, 6.07) is 11.2. The Bertz CT molecular complexity index is 1780. The van der Waals surface area contributed by atoms with E-state index >= 15 is 0 Å². The maximum Gasteiger partial charge on any atom is 0.330 e. The molecule has 2 unspecified atom stereocenters. The molecule has 44 heavy (non-hydrogen) atoms. The van der Waals surface area contributed by atoms with Crippen LogP contribution in [-0.4, -0.2) is 84.1 Å². The maximum atomic E-state index is 13.5. The fourth-order valence-electron chi connectivity index (χ4n) is 4.47. The summed E-state index contributed by atoms with van der Waals surface area (Å²) in [5.41, 5.74) is -0.608. The SMILES string of the molecule is O=C(/C=C/c1ccc(O)c(O)c1)OCC1O[C@@H](Oc2c(-c3ccc(O)cc3)oc3cc(O)cc(O)c3c2=O)[C@@H](O)C(O)[C@@H]1O. The number of aromatic hydroxyl groups is 5. The van der Waals surface area contributed by atoms with E-state index in [0.29, 0.717) is 5.56 Å². The lowest BCUT2D eigenvalue weighted by Crippen LogP contribution is -2.60. The number of aliphatic hydroxyl groups is 3. The van der Waals surface area contributed by atoms with Crippen molar-refractivity contribution in [3.05, 3.63) is 76.5 Å². The van der Waals surface area contributed by atoms with E-state index in [-0.39, 0.29) is 33.8 Å². The van der Waals surface area contributed by atoms with E-state index in [1.54, 1.807) is 0 Å². The summed E-state index contributed by atoms with van der Waals surface area (Å²) in [5.74, 6) is -3.65. The number of hydrogen-bond donors (Lipinski definition) is 8. The van der Waals surface area contributed by atoms with Crippen molar-refractivity contribution in [2.45, 2.75) is 30.7 Å². The fourth-order valence-corrected chi connectivity index (χ4v) is 4.47. The highest BCUT2D eigenvalue weighted by molar-refractivity contribution is 5.88. The Balaban J connectivity index is 1.41. The molecule has 1 aliphatic rings. The van der Waals surface area contributed by atoms with Gasteiger partial charge in [0.2, 0.25) is 17.5 Å². The molecule has 0 saturated carbocycles. The second-order valence-corrected chi connectivity index (χ2v) is 9.82. The molecule has 3 aromatic carbocycles. The first-order valence-corrected chi connectivity index (χ1v) is 13.0. The molecule has 4 aromatic rings. The Morgan fingerprint density at radius 1 is 0.818 bits per heavy atom. The van der Waals surface area contributed by atoms with Crippen LogP contribution in [0.3, 0.4) is 0 Å². The molecule has 14 nitrogen and oxygen atoms in total. The number of aliphatic hydroxyl groups excluding tert-OH is 3. The third kappa shape index (κ3) is 6.09. The van der Waals surface area contributed by atoms with Gasteiger partial charge in [-0.15, -0.1) is 0 Å². The summed E-state index contributed by atoms with van der Waals surface area (Å²) >= 11 is 0. The van der Waals surface area contributed by atoms with Crippen molar-refractivity contribution in [3.8, 4) is 45.8 Å². The molecule has 1 saturated heterocycles. The predicted octanol–water partition coefficient (Wildman–Crippen LogP) is 1.43. The maximum absolute atomic E-state index is 13.5. The molecular formula is C30H26O14. The lowest BCUT2D eigenvalue weighted by Gasteiger charge is -2.39. The molecule has 8 N–H and O–H groups in total. The predicted molar refractivity (Wildman–Crippen MR) is 150 cm³/mol. The monoisotopic (exact) mass is 610 g/mol. The van der Waals surface area contributed by atoms with E-state index in [2.05, 4.69) is 0 Å². The van der Waals surface area contributed by atoms with Crippen molar-refractivity contribution >= 4 is 23.0 Å². The van der Waals surface area contributed by atoms with Gasteiger partial charge in [0.25, 0.3) is 0 Å². The van der Waals surface area contributed by atoms with E-state index in [0.717, 1.165) is 18.2 Å². The van der Waals surface area contributed by atoms with Crippen molar-refractivity contribution < 1.29 is 64.3 Å². The number of ether oxygens (including phenoxy) is 3. The van der Waals surface area contributed by atoms with E-state index in [9.17, 15) is 50.4 Å². The zero-order valence-corrected chi connectivity index (χ0v) is 22.5. The van der Waals surface area contributed by atoms with Gasteiger partial charge in [-0.25, -0.2) is 4.79 Å². The van der Waals surface area contributed by atoms with Crippen LogP contribution in [0.1, 0.15) is 5.56 Å². The molecule has 2 heterocycles. The van der Waals surface area contributed by atoms with Crippen LogP contribution in [0, 0.1) is 0 Å². The smallest absolute Gasteiger partial charge is 0.330 e. The van der Waals surface area contributed by atoms with Crippen LogP contribution >= 0.6 is 0 Å². The second-order valence-electron chi connectivity index (χ2n) is 9.82. The number of rotatable bonds is 7. The number of carbonyl (C=O) groups is 1. The minimum Gasteiger partial charge on any atom is -0.508 e. The van der Waals surface area contributed by atoms with Crippen LogP contribution in [0.4, 0.5) is 0 Å². The molecule has 0 amide bonds. The van der Waals surface area contributed by atoms with Crippen LogP contribution in [0.5, 0.6) is 34.5 Å². The molecule has 1 aliphatic heterocycles. The van der Waals surface area contributed by atoms with Gasteiger partial charge in [-0.1, -0.05) is 6.07 Å². The summed E-state index contributed by atoms with van der Waals surface area (Å²) < 4.78 is 22.2. The first kappa shape index (κ1) is 30.2. The third-order valence-corrected chi connectivity index (χ3v) is 6.75. The minimum absolute atomic E-state index is 0.105. The van der Waals surface area contributed by atoms with Crippen molar-refractivity contribution in [2.75, 3.05) is 6.61 Å². The number of esters is 1. The Morgan fingerprint density at radius 3 is 2.25 bits per heavy atom. The third-order valence-electron chi connectivity index (χ3n) is 6.75. The average Bonchev–Trinajstić information content (AvgIpc) is 2.98. The van der Waals surface area contributed by atoms with Gasteiger partial charge < -0.3 is 59.5 Å². The Hall–Kier alpha value is -5.28. The second kappa shape index (κ2) is 12.1. The van der Waals surface area contributed by atoms with Gasteiger partial charge in [-0.2, -0.15) is 0 Å². The Morgan fingerprint density at radius 2 is 1.55 bits per heavy atom. The zero-order valence-electron chi connectivity index (χ0n) is 22.5. The molecule has 0 spiro atoms. The molecule has 14 heteroatoms. The van der Waals surface area contributed by atoms with Gasteiger partial charge in [-0.05, 0) is 48.0 Å². The highest BCUT2D eigenvalue weighted by atomic mass is 16.7. The van der Waals surface area contributed by atoms with Gasteiger partial charge in [0, 0.05) is 23.8 Å². The highest BCUT2D eigenvalue weighted by Gasteiger charge is 2.46. The van der Waals surface area contributed by atoms with Crippen molar-refractivity contribution in [3.63, 3.8) is 0 Å². The topological polar surface area (TPSA) is 237 Å². The summed E-state index contributed by atoms with van der Waals surface area (Å²) in [6.07, 6.45) is -6.57. The minimum atomic E-state index is -1.92. The molecule has 0 aliphatic carbocycles. The van der Waals surface area contributed by atoms with Gasteiger partial charge in [-0.3, -0.25) is 4.79 Å². The summed E-state index contributed by atoms with van der Waals surface area (Å²) in [7, 11) is 0. The molecule has 1 aromatic heterocycles. The Labute approximate surface area is 247 Å². The van der Waals surface area contributed by atoms with Gasteiger partial charge in [0.15, 0.2) is 17.3 Å². The normalized spacial score (nSPS) is 21.8. The number of fused-ring (bicyclic) bond motifs is 1. The van der Waals surface area contributed by atoms with E-state index in [4.69, 9.17) is 18.6 Å². The van der Waals surface area contributed by atoms with Crippen molar-refractivity contribution in [1.82, 2.24) is 0 Å². The molecule has 1 fully saturated rings. The average molecular weight is 611 g/mol. The number of carbonyl (C=O) groups excluding carboxylic acids is 1. The van der Waals surface area contributed by atoms with Gasteiger partial charge in [0.1, 0.15) is 59.2 Å². The Kier molecular flexibility index (Phi) is 8.33. The summed E-state index contributed by atoms with van der Waals surface area (Å²) in [5, 5.41) is 80.2. The number of phenolic OH excluding ortho intramolecular Hbond substituents is 5. The van der Waals surface area contributed by atoms with Gasteiger partial charge >= 0.3 is 5.97 Å². The number of benzene rings is 3. The fraction of sp³-hybridized carbons (Fsp3) is 0.200. The quantitative estimate of drug-likeness (QED) is 0.0840. The zero-order chi connectivity index (χ0) is 31.7. The summed E-state index contributed by atoms with van der Waals surface area (Å²) in [4.78, 5) is 25.8. The van der Waals surface area contributed by atoms with E-state index in [1.807, 2.05) is 0 Å². The van der Waals surface area contributed by atoms with Crippen LogP contribution in [0.2, 0.25) is 0 Å². The molecule has 230 valence electrons. The van der Waals surface area contributed by atoms with E-state index in [1.165, 1.54) is 48.5 Å². The number of hydrogen-bond acceptors (Lipinski definition) is 14. The van der Waals surface area contributed by atoms with Crippen LogP contribution in [0.15, 0.2) is 69.9 Å². The first-order chi connectivity index (χ1) is 20.9. The van der Waals surface area contributed by atoms with Crippen molar-refractivity contribution in [1.29, 1.82) is 0 Å². The molecule has 5 rings (SSSR count). The van der Waals surface area contributed by atoms with Crippen LogP contribution < -0.4 is 10.2 Å². The lowest BCUT2D eigenvalue weighted by atomic mass is 9.99.